The smallest absolute Gasteiger partial charge is 0.234 e. The predicted octanol–water partition coefficient (Wildman–Crippen LogP) is 5.01. The van der Waals surface area contributed by atoms with Crippen molar-refractivity contribution in [1.29, 1.82) is 0 Å². The monoisotopic (exact) mass is 373 g/mol. The maximum absolute atomic E-state index is 13.6. The van der Waals surface area contributed by atoms with Gasteiger partial charge in [0.05, 0.1) is 18.6 Å². The van der Waals surface area contributed by atoms with Crippen LogP contribution in [0.25, 0.3) is 0 Å². The van der Waals surface area contributed by atoms with Gasteiger partial charge in [-0.05, 0) is 30.3 Å². The van der Waals surface area contributed by atoms with E-state index < -0.39 is 0 Å². The molecule has 0 aliphatic heterocycles. The number of benzene rings is 2. The number of rotatable bonds is 6. The Morgan fingerprint density at radius 2 is 2.09 bits per heavy atom. The third-order valence-corrected chi connectivity index (χ3v) is 4.53. The van der Waals surface area contributed by atoms with Crippen molar-refractivity contribution in [3.8, 4) is 5.75 Å². The molecule has 0 saturated heterocycles. The molecule has 0 aliphatic carbocycles. The Kier molecular flexibility index (Phi) is 6.57. The fraction of sp³-hybridized carbons (Fsp3) is 0.188. The number of methoxy groups -OCH3 is 1. The van der Waals surface area contributed by atoms with E-state index in [-0.39, 0.29) is 17.5 Å². The zero-order valence-electron chi connectivity index (χ0n) is 12.2. The zero-order valence-corrected chi connectivity index (χ0v) is 14.6. The van der Waals surface area contributed by atoms with Gasteiger partial charge >= 0.3 is 0 Å². The van der Waals surface area contributed by atoms with E-state index in [1.807, 2.05) is 0 Å². The van der Waals surface area contributed by atoms with Gasteiger partial charge in [0, 0.05) is 21.4 Å². The van der Waals surface area contributed by atoms with Crippen molar-refractivity contribution in [2.45, 2.75) is 5.75 Å². The summed E-state index contributed by atoms with van der Waals surface area (Å²) >= 11 is 13.1. The van der Waals surface area contributed by atoms with Crippen LogP contribution in [-0.4, -0.2) is 18.8 Å². The summed E-state index contributed by atoms with van der Waals surface area (Å²) in [5, 5.41) is 3.57. The summed E-state index contributed by atoms with van der Waals surface area (Å²) in [6.07, 6.45) is 0. The number of hydrogen-bond donors (Lipinski definition) is 1. The van der Waals surface area contributed by atoms with Crippen molar-refractivity contribution < 1.29 is 13.9 Å². The molecule has 0 saturated carbocycles. The van der Waals surface area contributed by atoms with Gasteiger partial charge in [0.2, 0.25) is 5.91 Å². The average Bonchev–Trinajstić information content (AvgIpc) is 2.50. The van der Waals surface area contributed by atoms with E-state index in [1.54, 1.807) is 30.3 Å². The highest BCUT2D eigenvalue weighted by molar-refractivity contribution is 7.99. The lowest BCUT2D eigenvalue weighted by Crippen LogP contribution is -2.15. The zero-order chi connectivity index (χ0) is 16.8. The molecule has 0 aliphatic rings. The van der Waals surface area contributed by atoms with Gasteiger partial charge in [-0.15, -0.1) is 11.8 Å². The standard InChI is InChI=1S/C16H14Cl2FNO2S/c1-22-15-6-5-10(17)7-14(15)20-16(21)9-23-8-11-12(18)3-2-4-13(11)19/h2-7H,8-9H2,1H3,(H,20,21). The molecule has 0 aromatic heterocycles. The summed E-state index contributed by atoms with van der Waals surface area (Å²) < 4.78 is 18.8. The maximum atomic E-state index is 13.6. The first-order valence-electron chi connectivity index (χ1n) is 6.65. The van der Waals surface area contributed by atoms with Gasteiger partial charge < -0.3 is 10.1 Å². The van der Waals surface area contributed by atoms with Crippen molar-refractivity contribution >= 4 is 46.6 Å². The number of halogens is 3. The first-order valence-corrected chi connectivity index (χ1v) is 8.56. The van der Waals surface area contributed by atoms with Crippen LogP contribution in [0, 0.1) is 5.82 Å². The summed E-state index contributed by atoms with van der Waals surface area (Å²) in [6.45, 7) is 0. The van der Waals surface area contributed by atoms with Gasteiger partial charge in [-0.2, -0.15) is 0 Å². The molecule has 2 aromatic carbocycles. The highest BCUT2D eigenvalue weighted by Crippen LogP contribution is 2.28. The molecule has 0 unspecified atom stereocenters. The van der Waals surface area contributed by atoms with E-state index in [9.17, 15) is 9.18 Å². The van der Waals surface area contributed by atoms with Gasteiger partial charge in [0.25, 0.3) is 0 Å². The lowest BCUT2D eigenvalue weighted by Gasteiger charge is -2.10. The summed E-state index contributed by atoms with van der Waals surface area (Å²) in [5.41, 5.74) is 0.891. The highest BCUT2D eigenvalue weighted by atomic mass is 35.5. The molecular formula is C16H14Cl2FNO2S. The third kappa shape index (κ3) is 5.03. The third-order valence-electron chi connectivity index (χ3n) is 2.98. The lowest BCUT2D eigenvalue weighted by atomic mass is 10.2. The van der Waals surface area contributed by atoms with Crippen LogP contribution in [-0.2, 0) is 10.5 Å². The van der Waals surface area contributed by atoms with Crippen LogP contribution >= 0.6 is 35.0 Å². The van der Waals surface area contributed by atoms with Gasteiger partial charge in [-0.3, -0.25) is 4.79 Å². The number of carbonyl (C=O) groups is 1. The van der Waals surface area contributed by atoms with Crippen LogP contribution in [0.2, 0.25) is 10.0 Å². The molecular weight excluding hydrogens is 360 g/mol. The van der Waals surface area contributed by atoms with Gasteiger partial charge in [0.1, 0.15) is 11.6 Å². The first-order chi connectivity index (χ1) is 11.0. The second-order valence-electron chi connectivity index (χ2n) is 4.59. The SMILES string of the molecule is COc1ccc(Cl)cc1NC(=O)CSCc1c(F)cccc1Cl. The molecule has 0 radical (unpaired) electrons. The van der Waals surface area contributed by atoms with Crippen LogP contribution < -0.4 is 10.1 Å². The molecule has 1 N–H and O–H groups in total. The van der Waals surface area contributed by atoms with Gasteiger partial charge in [0.15, 0.2) is 0 Å². The number of anilines is 1. The number of nitrogens with one attached hydrogen (secondary N) is 1. The van der Waals surface area contributed by atoms with E-state index >= 15 is 0 Å². The maximum Gasteiger partial charge on any atom is 0.234 e. The summed E-state index contributed by atoms with van der Waals surface area (Å²) in [7, 11) is 1.51. The molecule has 0 atom stereocenters. The fourth-order valence-electron chi connectivity index (χ4n) is 1.88. The highest BCUT2D eigenvalue weighted by Gasteiger charge is 2.11. The minimum atomic E-state index is -0.373. The number of thioether (sulfide) groups is 1. The Bertz CT molecular complexity index is 692. The Morgan fingerprint density at radius 3 is 2.78 bits per heavy atom. The van der Waals surface area contributed by atoms with E-state index in [2.05, 4.69) is 5.32 Å². The Hall–Kier alpha value is -1.43. The van der Waals surface area contributed by atoms with Crippen molar-refractivity contribution in [3.63, 3.8) is 0 Å². The summed E-state index contributed by atoms with van der Waals surface area (Å²) in [5.74, 6) is 0.376. The average molecular weight is 374 g/mol. The summed E-state index contributed by atoms with van der Waals surface area (Å²) in [4.78, 5) is 12.0. The van der Waals surface area contributed by atoms with Gasteiger partial charge in [-0.1, -0.05) is 29.3 Å². The molecule has 7 heteroatoms. The minimum Gasteiger partial charge on any atom is -0.495 e. The molecule has 2 rings (SSSR count). The largest absolute Gasteiger partial charge is 0.495 e. The molecule has 23 heavy (non-hydrogen) atoms. The Morgan fingerprint density at radius 1 is 1.30 bits per heavy atom. The van der Waals surface area contributed by atoms with Crippen molar-refractivity contribution in [2.24, 2.45) is 0 Å². The molecule has 3 nitrogen and oxygen atoms in total. The van der Waals surface area contributed by atoms with Crippen LogP contribution in [0.15, 0.2) is 36.4 Å². The summed E-state index contributed by atoms with van der Waals surface area (Å²) in [6, 6.07) is 9.46. The van der Waals surface area contributed by atoms with E-state index in [0.717, 1.165) is 0 Å². The second kappa shape index (κ2) is 8.43. The number of hydrogen-bond acceptors (Lipinski definition) is 3. The van der Waals surface area contributed by atoms with Crippen LogP contribution in [0.3, 0.4) is 0 Å². The first kappa shape index (κ1) is 17.9. The predicted molar refractivity (Wildman–Crippen MR) is 94.2 cm³/mol. The molecule has 2 aromatic rings. The van der Waals surface area contributed by atoms with Crippen molar-refractivity contribution in [2.75, 3.05) is 18.2 Å². The van der Waals surface area contributed by atoms with E-state index in [4.69, 9.17) is 27.9 Å². The fourth-order valence-corrected chi connectivity index (χ4v) is 3.22. The van der Waals surface area contributed by atoms with Crippen LogP contribution in [0.5, 0.6) is 5.75 Å². The lowest BCUT2D eigenvalue weighted by molar-refractivity contribution is -0.113. The Labute approximate surface area is 148 Å². The van der Waals surface area contributed by atoms with Crippen molar-refractivity contribution in [1.82, 2.24) is 0 Å². The van der Waals surface area contributed by atoms with Gasteiger partial charge in [-0.25, -0.2) is 4.39 Å². The normalized spacial score (nSPS) is 10.4. The molecule has 0 bridgehead atoms. The molecule has 0 spiro atoms. The minimum absolute atomic E-state index is 0.153. The van der Waals surface area contributed by atoms with Crippen LogP contribution in [0.4, 0.5) is 10.1 Å². The molecule has 0 heterocycles. The van der Waals surface area contributed by atoms with E-state index in [0.29, 0.717) is 32.8 Å². The van der Waals surface area contributed by atoms with Crippen molar-refractivity contribution in [3.05, 3.63) is 57.8 Å². The van der Waals surface area contributed by atoms with E-state index in [1.165, 1.54) is 24.9 Å². The molecule has 0 fully saturated rings. The molecule has 122 valence electrons. The number of amides is 1. The topological polar surface area (TPSA) is 38.3 Å². The second-order valence-corrected chi connectivity index (χ2v) is 6.42. The Balaban J connectivity index is 1.92. The quantitative estimate of drug-likeness (QED) is 0.772. The molecule has 1 amide bonds. The number of ether oxygens (including phenoxy) is 1. The number of carbonyl (C=O) groups excluding carboxylic acids is 1. The van der Waals surface area contributed by atoms with Crippen LogP contribution in [0.1, 0.15) is 5.56 Å².